The Kier molecular flexibility index (Phi) is 3.48. The lowest BCUT2D eigenvalue weighted by atomic mass is 10.0. The second-order valence-corrected chi connectivity index (χ2v) is 3.56. The summed E-state index contributed by atoms with van der Waals surface area (Å²) in [6.07, 6.45) is 4.32. The highest BCUT2D eigenvalue weighted by molar-refractivity contribution is 4.99. The number of aliphatic hydroxyl groups excluding tert-OH is 1. The maximum absolute atomic E-state index is 9.25. The summed E-state index contributed by atoms with van der Waals surface area (Å²) in [5, 5.41) is 9.25. The Morgan fingerprint density at radius 2 is 2.23 bits per heavy atom. The van der Waals surface area contributed by atoms with Gasteiger partial charge in [0.05, 0.1) is 6.10 Å². The Hall–Kier alpha value is -0.830. The monoisotopic (exact) mass is 182 g/mol. The second-order valence-electron chi connectivity index (χ2n) is 3.56. The summed E-state index contributed by atoms with van der Waals surface area (Å²) in [4.78, 5) is 4.29. The molecule has 2 atom stereocenters. The number of aryl methyl sites for hydroxylation is 1. The maximum Gasteiger partial charge on any atom is 0.111 e. The van der Waals surface area contributed by atoms with E-state index in [4.69, 9.17) is 0 Å². The van der Waals surface area contributed by atoms with Crippen LogP contribution < -0.4 is 0 Å². The van der Waals surface area contributed by atoms with Crippen LogP contribution in [0.15, 0.2) is 12.4 Å². The van der Waals surface area contributed by atoms with Crippen molar-refractivity contribution in [1.29, 1.82) is 0 Å². The molecular weight excluding hydrogens is 164 g/mol. The molecule has 3 nitrogen and oxygen atoms in total. The SMILES string of the molecule is CCn1ccnc1C(C)CC(C)O. The van der Waals surface area contributed by atoms with Crippen molar-refractivity contribution in [3.05, 3.63) is 18.2 Å². The molecule has 0 bridgehead atoms. The van der Waals surface area contributed by atoms with Crippen LogP contribution in [-0.2, 0) is 6.54 Å². The molecule has 0 saturated carbocycles. The second kappa shape index (κ2) is 4.42. The molecule has 1 rings (SSSR count). The van der Waals surface area contributed by atoms with E-state index in [0.717, 1.165) is 18.8 Å². The molecule has 3 heteroatoms. The fourth-order valence-electron chi connectivity index (χ4n) is 1.64. The first-order valence-electron chi connectivity index (χ1n) is 4.84. The third-order valence-electron chi connectivity index (χ3n) is 2.22. The van der Waals surface area contributed by atoms with Gasteiger partial charge < -0.3 is 9.67 Å². The summed E-state index contributed by atoms with van der Waals surface area (Å²) in [5.74, 6) is 1.40. The minimum atomic E-state index is -0.253. The molecule has 2 unspecified atom stereocenters. The molecule has 0 aliphatic rings. The average molecular weight is 182 g/mol. The van der Waals surface area contributed by atoms with Crippen LogP contribution in [-0.4, -0.2) is 20.8 Å². The first-order chi connectivity index (χ1) is 6.15. The molecule has 1 N–H and O–H groups in total. The Labute approximate surface area is 79.4 Å². The zero-order valence-corrected chi connectivity index (χ0v) is 8.57. The molecule has 0 fully saturated rings. The number of rotatable bonds is 4. The molecule has 74 valence electrons. The Balaban J connectivity index is 2.69. The minimum absolute atomic E-state index is 0.253. The molecule has 1 heterocycles. The Bertz CT molecular complexity index is 255. The number of hydrogen-bond donors (Lipinski definition) is 1. The fraction of sp³-hybridized carbons (Fsp3) is 0.700. The fourth-order valence-corrected chi connectivity index (χ4v) is 1.64. The van der Waals surface area contributed by atoms with Gasteiger partial charge in [0.25, 0.3) is 0 Å². The van der Waals surface area contributed by atoms with Crippen LogP contribution in [0.4, 0.5) is 0 Å². The van der Waals surface area contributed by atoms with Crippen LogP contribution >= 0.6 is 0 Å². The lowest BCUT2D eigenvalue weighted by Gasteiger charge is -2.14. The van der Waals surface area contributed by atoms with Crippen LogP contribution in [0.1, 0.15) is 38.9 Å². The van der Waals surface area contributed by atoms with E-state index in [-0.39, 0.29) is 6.10 Å². The van der Waals surface area contributed by atoms with Gasteiger partial charge in [-0.3, -0.25) is 0 Å². The predicted molar refractivity (Wildman–Crippen MR) is 52.6 cm³/mol. The molecule has 0 saturated heterocycles. The molecule has 0 aromatic carbocycles. The molecular formula is C10H18N2O. The number of aliphatic hydroxyl groups is 1. The van der Waals surface area contributed by atoms with Crippen molar-refractivity contribution in [2.45, 2.75) is 45.8 Å². The van der Waals surface area contributed by atoms with E-state index >= 15 is 0 Å². The third-order valence-corrected chi connectivity index (χ3v) is 2.22. The lowest BCUT2D eigenvalue weighted by molar-refractivity contribution is 0.174. The lowest BCUT2D eigenvalue weighted by Crippen LogP contribution is -2.11. The van der Waals surface area contributed by atoms with Crippen LogP contribution in [0, 0.1) is 0 Å². The van der Waals surface area contributed by atoms with Gasteiger partial charge in [-0.1, -0.05) is 6.92 Å². The van der Waals surface area contributed by atoms with Crippen molar-refractivity contribution in [1.82, 2.24) is 9.55 Å². The standard InChI is InChI=1S/C10H18N2O/c1-4-12-6-5-11-10(12)8(2)7-9(3)13/h5-6,8-9,13H,4,7H2,1-3H3. The normalized spacial score (nSPS) is 15.7. The van der Waals surface area contributed by atoms with E-state index in [1.807, 2.05) is 19.3 Å². The first-order valence-corrected chi connectivity index (χ1v) is 4.84. The minimum Gasteiger partial charge on any atom is -0.393 e. The average Bonchev–Trinajstić information content (AvgIpc) is 2.49. The van der Waals surface area contributed by atoms with Gasteiger partial charge >= 0.3 is 0 Å². The smallest absolute Gasteiger partial charge is 0.111 e. The molecule has 0 radical (unpaired) electrons. The van der Waals surface area contributed by atoms with Crippen molar-refractivity contribution < 1.29 is 5.11 Å². The van der Waals surface area contributed by atoms with Crippen molar-refractivity contribution in [3.63, 3.8) is 0 Å². The predicted octanol–water partition coefficient (Wildman–Crippen LogP) is 1.78. The summed E-state index contributed by atoms with van der Waals surface area (Å²) in [6, 6.07) is 0. The number of hydrogen-bond acceptors (Lipinski definition) is 2. The van der Waals surface area contributed by atoms with Gasteiger partial charge in [-0.05, 0) is 20.3 Å². The highest BCUT2D eigenvalue weighted by Crippen LogP contribution is 2.18. The van der Waals surface area contributed by atoms with Crippen LogP contribution in [0.2, 0.25) is 0 Å². The van der Waals surface area contributed by atoms with E-state index in [9.17, 15) is 5.11 Å². The number of imidazole rings is 1. The van der Waals surface area contributed by atoms with E-state index < -0.39 is 0 Å². The van der Waals surface area contributed by atoms with Gasteiger partial charge in [-0.2, -0.15) is 0 Å². The maximum atomic E-state index is 9.25. The van der Waals surface area contributed by atoms with Gasteiger partial charge in [-0.25, -0.2) is 4.98 Å². The highest BCUT2D eigenvalue weighted by atomic mass is 16.3. The van der Waals surface area contributed by atoms with Crippen molar-refractivity contribution in [2.24, 2.45) is 0 Å². The highest BCUT2D eigenvalue weighted by Gasteiger charge is 2.13. The van der Waals surface area contributed by atoms with Crippen molar-refractivity contribution in [2.75, 3.05) is 0 Å². The van der Waals surface area contributed by atoms with Crippen LogP contribution in [0.3, 0.4) is 0 Å². The first kappa shape index (κ1) is 10.3. The Morgan fingerprint density at radius 3 is 2.77 bits per heavy atom. The molecule has 1 aromatic rings. The topological polar surface area (TPSA) is 38.0 Å². The summed E-state index contributed by atoms with van der Waals surface area (Å²) in [7, 11) is 0. The molecule has 1 aromatic heterocycles. The van der Waals surface area contributed by atoms with Crippen molar-refractivity contribution >= 4 is 0 Å². The zero-order chi connectivity index (χ0) is 9.84. The van der Waals surface area contributed by atoms with Gasteiger partial charge in [0.15, 0.2) is 0 Å². The molecule has 0 aliphatic heterocycles. The van der Waals surface area contributed by atoms with E-state index in [0.29, 0.717) is 5.92 Å². The molecule has 0 amide bonds. The summed E-state index contributed by atoms with van der Waals surface area (Å²) >= 11 is 0. The summed E-state index contributed by atoms with van der Waals surface area (Å²) in [6.45, 7) is 6.96. The van der Waals surface area contributed by atoms with Crippen LogP contribution in [0.25, 0.3) is 0 Å². The van der Waals surface area contributed by atoms with Gasteiger partial charge in [0, 0.05) is 24.9 Å². The van der Waals surface area contributed by atoms with Gasteiger partial charge in [0.1, 0.15) is 5.82 Å². The Morgan fingerprint density at radius 1 is 1.54 bits per heavy atom. The third kappa shape index (κ3) is 2.56. The van der Waals surface area contributed by atoms with Crippen molar-refractivity contribution in [3.8, 4) is 0 Å². The van der Waals surface area contributed by atoms with E-state index in [2.05, 4.69) is 23.4 Å². The van der Waals surface area contributed by atoms with E-state index in [1.54, 1.807) is 0 Å². The van der Waals surface area contributed by atoms with E-state index in [1.165, 1.54) is 0 Å². The number of aromatic nitrogens is 2. The molecule has 0 aliphatic carbocycles. The quantitative estimate of drug-likeness (QED) is 0.770. The molecule has 0 spiro atoms. The largest absolute Gasteiger partial charge is 0.393 e. The molecule has 13 heavy (non-hydrogen) atoms. The van der Waals surface area contributed by atoms with Crippen LogP contribution in [0.5, 0.6) is 0 Å². The summed E-state index contributed by atoms with van der Waals surface area (Å²) < 4.78 is 2.12. The zero-order valence-electron chi connectivity index (χ0n) is 8.57. The number of nitrogens with zero attached hydrogens (tertiary/aromatic N) is 2. The van der Waals surface area contributed by atoms with Gasteiger partial charge in [0.2, 0.25) is 0 Å². The summed E-state index contributed by atoms with van der Waals surface area (Å²) in [5.41, 5.74) is 0. The van der Waals surface area contributed by atoms with Gasteiger partial charge in [-0.15, -0.1) is 0 Å².